The van der Waals surface area contributed by atoms with Gasteiger partial charge in [-0.3, -0.25) is 24.7 Å². The number of carbonyl (C=O) groups excluding carboxylic acids is 1. The van der Waals surface area contributed by atoms with Gasteiger partial charge in [0.25, 0.3) is 21.6 Å². The van der Waals surface area contributed by atoms with Crippen molar-refractivity contribution in [1.82, 2.24) is 24.5 Å². The highest BCUT2D eigenvalue weighted by molar-refractivity contribution is 7.90. The maximum absolute atomic E-state index is 14.1. The van der Waals surface area contributed by atoms with E-state index in [9.17, 15) is 28.4 Å². The molecule has 10 rings (SSSR count). The molecule has 2 saturated heterocycles. The van der Waals surface area contributed by atoms with E-state index >= 15 is 0 Å². The number of carbonyl (C=O) groups is 1. The molecule has 4 aliphatic rings. The number of aromatic nitrogens is 2. The standard InChI is InChI=1S/C60H74N8O8S/c1-39(2)48-9-7-8-10-50(48)54-38-65(37-42-11-14-49(40(3)4)55(29-42)75-6)27-28-67(54)45-33-60(34-45)22-25-66(26-23-60)44-12-15-51(56(31-44)76-46-30-43-19-24-61-57(43)63-36-46)58(69)64-77(73,74)47-13-16-52(53(32-47)68(71)72)62-35-41-17-20-59(5,70)21-18-41/h7-16,19,24,29-32,36,39-41,45,54,62,70H,17-18,20-23,25-28,33-35,37-38H2,1-6H3,(H,61,63)(H,64,69)/t41?,54-,59?/m0/s1. The Morgan fingerprint density at radius 2 is 1.65 bits per heavy atom. The highest BCUT2D eigenvalue weighted by Crippen LogP contribution is 2.53. The Hall–Kier alpha value is -6.53. The van der Waals surface area contributed by atoms with Gasteiger partial charge in [0.2, 0.25) is 0 Å². The van der Waals surface area contributed by atoms with Crippen LogP contribution in [0.1, 0.15) is 136 Å². The summed E-state index contributed by atoms with van der Waals surface area (Å²) in [5, 5.41) is 26.5. The fraction of sp³-hybridized carbons (Fsp3) is 0.467. The molecule has 1 amide bonds. The third-order valence-electron chi connectivity index (χ3n) is 17.1. The Balaban J connectivity index is 0.830. The number of H-pyrrole nitrogens is 1. The summed E-state index contributed by atoms with van der Waals surface area (Å²) in [6.07, 6.45) is 10.4. The van der Waals surface area contributed by atoms with E-state index in [1.807, 2.05) is 19.1 Å². The average Bonchev–Trinajstić information content (AvgIpc) is 3.88. The summed E-state index contributed by atoms with van der Waals surface area (Å²) >= 11 is 0. The minimum absolute atomic E-state index is 0.0292. The third kappa shape index (κ3) is 11.8. The van der Waals surface area contributed by atoms with Crippen LogP contribution in [0.2, 0.25) is 0 Å². The molecule has 17 heteroatoms. The minimum Gasteiger partial charge on any atom is -0.496 e. The number of aliphatic hydroxyl groups is 1. The predicted octanol–water partition coefficient (Wildman–Crippen LogP) is 11.3. The molecule has 16 nitrogen and oxygen atoms in total. The number of rotatable bonds is 17. The molecule has 408 valence electrons. The SMILES string of the molecule is COc1cc(CN2CCN(C3CC4(CCN(c5ccc(C(=O)NS(=O)(=O)c6ccc(NCC7CCC(C)(O)CC7)c([N+](=O)[O-])c6)c(Oc6cnc7[nH]ccc7c6)c5)CC4)C3)[C@H](c3ccccc3C(C)C)C2)ccc1C(C)C. The lowest BCUT2D eigenvalue weighted by atomic mass is 9.59. The van der Waals surface area contributed by atoms with Gasteiger partial charge < -0.3 is 29.8 Å². The molecule has 1 atom stereocenters. The zero-order chi connectivity index (χ0) is 54.2. The van der Waals surface area contributed by atoms with E-state index in [-0.39, 0.29) is 34.4 Å². The van der Waals surface area contributed by atoms with Crippen molar-refractivity contribution in [3.63, 3.8) is 0 Å². The van der Waals surface area contributed by atoms with Gasteiger partial charge in [0, 0.05) is 87.3 Å². The number of nitro benzene ring substituents is 1. The van der Waals surface area contributed by atoms with Crippen LogP contribution in [0, 0.1) is 21.4 Å². The summed E-state index contributed by atoms with van der Waals surface area (Å²) in [5.74, 6) is 1.51. The molecule has 0 radical (unpaired) electrons. The van der Waals surface area contributed by atoms with Gasteiger partial charge in [0.15, 0.2) is 0 Å². The van der Waals surface area contributed by atoms with E-state index in [1.54, 1.807) is 37.7 Å². The highest BCUT2D eigenvalue weighted by Gasteiger charge is 2.50. The number of nitrogens with one attached hydrogen (secondary N) is 3. The normalized spacial score (nSPS) is 21.3. The number of amides is 1. The molecule has 77 heavy (non-hydrogen) atoms. The number of anilines is 2. The summed E-state index contributed by atoms with van der Waals surface area (Å²) in [4.78, 5) is 40.6. The number of benzene rings is 4. The van der Waals surface area contributed by atoms with Crippen LogP contribution in [0.25, 0.3) is 11.0 Å². The van der Waals surface area contributed by atoms with Gasteiger partial charge in [0.05, 0.1) is 34.3 Å². The molecule has 0 bridgehead atoms. The van der Waals surface area contributed by atoms with Gasteiger partial charge >= 0.3 is 0 Å². The van der Waals surface area contributed by atoms with Gasteiger partial charge in [-0.15, -0.1) is 0 Å². The van der Waals surface area contributed by atoms with Crippen molar-refractivity contribution in [2.24, 2.45) is 11.3 Å². The molecular weight excluding hydrogens is 993 g/mol. The summed E-state index contributed by atoms with van der Waals surface area (Å²) in [7, 11) is -2.83. The lowest BCUT2D eigenvalue weighted by Crippen LogP contribution is -2.60. The molecule has 2 aliphatic heterocycles. The van der Waals surface area contributed by atoms with E-state index in [4.69, 9.17) is 9.47 Å². The van der Waals surface area contributed by atoms with E-state index < -0.39 is 37.0 Å². The average molecular weight is 1070 g/mol. The number of hydrogen-bond acceptors (Lipinski definition) is 13. The Bertz CT molecular complexity index is 3220. The Morgan fingerprint density at radius 3 is 2.38 bits per heavy atom. The first kappa shape index (κ1) is 53.9. The third-order valence-corrected chi connectivity index (χ3v) is 18.4. The number of piperazine rings is 1. The summed E-state index contributed by atoms with van der Waals surface area (Å²) < 4.78 is 42.2. The van der Waals surface area contributed by atoms with Crippen LogP contribution < -0.4 is 24.4 Å². The van der Waals surface area contributed by atoms with Crippen LogP contribution in [0.5, 0.6) is 17.2 Å². The number of fused-ring (bicyclic) bond motifs is 1. The van der Waals surface area contributed by atoms with Crippen molar-refractivity contribution in [3.05, 3.63) is 141 Å². The first-order valence-corrected chi connectivity index (χ1v) is 28.9. The second-order valence-corrected chi connectivity index (χ2v) is 24.8. The molecule has 4 aromatic carbocycles. The predicted molar refractivity (Wildman–Crippen MR) is 301 cm³/mol. The van der Waals surface area contributed by atoms with Crippen LogP contribution in [0.4, 0.5) is 17.1 Å². The number of sulfonamides is 1. The lowest BCUT2D eigenvalue weighted by molar-refractivity contribution is -0.384. The van der Waals surface area contributed by atoms with Crippen LogP contribution in [-0.2, 0) is 16.6 Å². The van der Waals surface area contributed by atoms with Gasteiger partial charge in [-0.05, 0) is 146 Å². The van der Waals surface area contributed by atoms with Crippen molar-refractivity contribution < 1.29 is 32.7 Å². The molecule has 6 aromatic rings. The number of pyridine rings is 1. The number of piperidine rings is 1. The molecule has 4 heterocycles. The Labute approximate surface area is 452 Å². The lowest BCUT2D eigenvalue weighted by Gasteiger charge is -2.58. The van der Waals surface area contributed by atoms with Gasteiger partial charge in [-0.2, -0.15) is 0 Å². The van der Waals surface area contributed by atoms with E-state index in [0.29, 0.717) is 48.7 Å². The number of ether oxygens (including phenoxy) is 2. The Morgan fingerprint density at radius 1 is 0.896 bits per heavy atom. The van der Waals surface area contributed by atoms with E-state index in [0.717, 1.165) is 101 Å². The highest BCUT2D eigenvalue weighted by atomic mass is 32.2. The zero-order valence-corrected chi connectivity index (χ0v) is 46.1. The fourth-order valence-corrected chi connectivity index (χ4v) is 13.5. The quantitative estimate of drug-likeness (QED) is 0.0498. The van der Waals surface area contributed by atoms with E-state index in [2.05, 4.69) is 105 Å². The maximum Gasteiger partial charge on any atom is 0.293 e. The number of nitrogens with zero attached hydrogens (tertiary/aromatic N) is 5. The van der Waals surface area contributed by atoms with Gasteiger partial charge in [0.1, 0.15) is 28.6 Å². The second-order valence-electron chi connectivity index (χ2n) is 23.1. The minimum atomic E-state index is -4.59. The fourth-order valence-electron chi connectivity index (χ4n) is 12.5. The monoisotopic (exact) mass is 1070 g/mol. The molecule has 4 N–H and O–H groups in total. The molecule has 2 aromatic heterocycles. The zero-order valence-electron chi connectivity index (χ0n) is 45.3. The smallest absolute Gasteiger partial charge is 0.293 e. The summed E-state index contributed by atoms with van der Waals surface area (Å²) in [6.45, 7) is 16.7. The van der Waals surface area contributed by atoms with Crippen molar-refractivity contribution in [2.45, 2.75) is 127 Å². The number of hydrogen-bond donors (Lipinski definition) is 4. The molecule has 4 fully saturated rings. The van der Waals surface area contributed by atoms with Gasteiger partial charge in [-0.25, -0.2) is 18.1 Å². The topological polar surface area (TPSA) is 195 Å². The summed E-state index contributed by atoms with van der Waals surface area (Å²) in [5.41, 5.74) is 6.08. The molecule has 1 spiro atoms. The first-order valence-electron chi connectivity index (χ1n) is 27.4. The van der Waals surface area contributed by atoms with Crippen molar-refractivity contribution in [1.29, 1.82) is 0 Å². The molecule has 2 saturated carbocycles. The van der Waals surface area contributed by atoms with Crippen molar-refractivity contribution in [3.8, 4) is 17.2 Å². The van der Waals surface area contributed by atoms with Crippen molar-refractivity contribution >= 4 is 44.0 Å². The summed E-state index contributed by atoms with van der Waals surface area (Å²) in [6, 6.07) is 28.9. The Kier molecular flexibility index (Phi) is 15.4. The van der Waals surface area contributed by atoms with Crippen LogP contribution in [0.15, 0.2) is 108 Å². The van der Waals surface area contributed by atoms with Crippen LogP contribution in [-0.4, -0.2) is 102 Å². The van der Waals surface area contributed by atoms with Crippen LogP contribution >= 0.6 is 0 Å². The molecule has 0 unspecified atom stereocenters. The maximum atomic E-state index is 14.1. The second kappa shape index (κ2) is 22.1. The number of methoxy groups -OCH3 is 1. The molecular formula is C60H74N8O8S. The van der Waals surface area contributed by atoms with E-state index in [1.165, 1.54) is 34.4 Å². The first-order chi connectivity index (χ1) is 36.9. The number of nitro groups is 1. The van der Waals surface area contributed by atoms with Crippen LogP contribution in [0.3, 0.4) is 0 Å². The van der Waals surface area contributed by atoms with Crippen molar-refractivity contribution in [2.75, 3.05) is 56.6 Å². The number of aromatic amines is 1. The molecule has 2 aliphatic carbocycles. The van der Waals surface area contributed by atoms with Gasteiger partial charge in [-0.1, -0.05) is 64.1 Å². The largest absolute Gasteiger partial charge is 0.496 e.